The van der Waals surface area contributed by atoms with Gasteiger partial charge in [-0.3, -0.25) is 4.99 Å². The van der Waals surface area contributed by atoms with Crippen LogP contribution in [0.4, 0.5) is 0 Å². The summed E-state index contributed by atoms with van der Waals surface area (Å²) in [5, 5.41) is 2.46. The Hall–Kier alpha value is -6.76. The molecule has 9 rings (SSSR count). The Kier molecular flexibility index (Phi) is 7.95. The third kappa shape index (κ3) is 5.14. The first-order valence-electron chi connectivity index (χ1n) is 18.1. The molecule has 0 radical (unpaired) electrons. The third-order valence-electron chi connectivity index (χ3n) is 10.9. The minimum Gasteiger partial charge on any atom is -0.309 e. The van der Waals surface area contributed by atoms with Crippen LogP contribution in [0.1, 0.15) is 35.6 Å². The molecule has 1 aliphatic carbocycles. The highest BCUT2D eigenvalue weighted by Gasteiger charge is 2.46. The van der Waals surface area contributed by atoms with E-state index in [1.807, 2.05) is 42.5 Å². The van der Waals surface area contributed by atoms with E-state index in [1.54, 1.807) is 0 Å². The van der Waals surface area contributed by atoms with E-state index in [0.717, 1.165) is 39.2 Å². The first-order valence-corrected chi connectivity index (χ1v) is 18.1. The molecule has 0 saturated heterocycles. The summed E-state index contributed by atoms with van der Waals surface area (Å²) in [5.74, 6) is 3.63. The van der Waals surface area contributed by atoms with Crippen LogP contribution in [0, 0.1) is 12.3 Å². The third-order valence-corrected chi connectivity index (χ3v) is 10.9. The van der Waals surface area contributed by atoms with Gasteiger partial charge in [0.2, 0.25) is 0 Å². The number of terminal acetylenes is 1. The molecular formula is C50H37N3. The zero-order chi connectivity index (χ0) is 35.9. The molecule has 1 spiro atoms. The monoisotopic (exact) mass is 679 g/mol. The SMILES string of the molecule is C#C/C=C1\C/C(=C\C)C(=C)C(c2ccccc2)=NC(c2ccccc2)=NCC12c1ccccc1-c1ccc(-n3c4ccccc4c4ccccc43)cc12. The maximum atomic E-state index is 6.27. The van der Waals surface area contributed by atoms with Gasteiger partial charge in [-0.1, -0.05) is 146 Å². The molecule has 0 N–H and O–H groups in total. The maximum absolute atomic E-state index is 6.27. The van der Waals surface area contributed by atoms with Gasteiger partial charge in [0.15, 0.2) is 5.84 Å². The van der Waals surface area contributed by atoms with Crippen LogP contribution in [-0.2, 0) is 5.41 Å². The second kappa shape index (κ2) is 13.1. The van der Waals surface area contributed by atoms with Crippen LogP contribution in [0.15, 0.2) is 197 Å². The summed E-state index contributed by atoms with van der Waals surface area (Å²) in [6.07, 6.45) is 11.0. The highest BCUT2D eigenvalue weighted by molar-refractivity contribution is 6.21. The topological polar surface area (TPSA) is 29.6 Å². The molecule has 0 amide bonds. The number of aromatic nitrogens is 1. The van der Waals surface area contributed by atoms with Crippen LogP contribution in [-0.4, -0.2) is 22.7 Å². The highest BCUT2D eigenvalue weighted by Crippen LogP contribution is 2.55. The number of fused-ring (bicyclic) bond motifs is 8. The molecule has 2 heterocycles. The number of allylic oxidation sites excluding steroid dienone is 4. The number of hydrogen-bond acceptors (Lipinski definition) is 2. The fourth-order valence-electron chi connectivity index (χ4n) is 8.46. The van der Waals surface area contributed by atoms with Gasteiger partial charge in [-0.2, -0.15) is 0 Å². The van der Waals surface area contributed by atoms with Crippen molar-refractivity contribution in [2.24, 2.45) is 9.98 Å². The van der Waals surface area contributed by atoms with Crippen molar-refractivity contribution in [3.05, 3.63) is 209 Å². The molecule has 7 aromatic rings. The van der Waals surface area contributed by atoms with Gasteiger partial charge in [-0.25, -0.2) is 4.99 Å². The molecular weight excluding hydrogens is 643 g/mol. The van der Waals surface area contributed by atoms with E-state index in [1.165, 1.54) is 44.1 Å². The van der Waals surface area contributed by atoms with Crippen molar-refractivity contribution < 1.29 is 0 Å². The van der Waals surface area contributed by atoms with Crippen molar-refractivity contribution in [1.29, 1.82) is 0 Å². The van der Waals surface area contributed by atoms with Crippen molar-refractivity contribution in [2.75, 3.05) is 6.54 Å². The van der Waals surface area contributed by atoms with Gasteiger partial charge in [0, 0.05) is 27.6 Å². The Morgan fingerprint density at radius 3 is 1.98 bits per heavy atom. The van der Waals surface area contributed by atoms with Crippen molar-refractivity contribution in [2.45, 2.75) is 18.8 Å². The lowest BCUT2D eigenvalue weighted by Gasteiger charge is -2.35. The van der Waals surface area contributed by atoms with Crippen molar-refractivity contribution in [3.8, 4) is 29.2 Å². The van der Waals surface area contributed by atoms with E-state index in [9.17, 15) is 0 Å². The standard InChI is InChI=1S/C50H37N3/c1-4-18-38-31-35(5-2)34(3)48(36-19-8-6-9-20-36)52-49(37-21-10-7-11-22-37)51-33-50(38)44-26-15-12-23-40(44)41-30-29-39(32-45(41)50)53-46-27-16-13-24-42(46)43-25-14-17-28-47(43)53/h1,5-30,32H,3,31,33H2,2H3/b35-5+,38-18+,51-49?,52-48?. The predicted molar refractivity (Wildman–Crippen MR) is 222 cm³/mol. The molecule has 0 saturated carbocycles. The van der Waals surface area contributed by atoms with Crippen molar-refractivity contribution in [1.82, 2.24) is 4.57 Å². The first kappa shape index (κ1) is 32.2. The van der Waals surface area contributed by atoms with Crippen LogP contribution in [0.2, 0.25) is 0 Å². The van der Waals surface area contributed by atoms with E-state index in [0.29, 0.717) is 18.8 Å². The number of hydrogen-bond donors (Lipinski definition) is 0. The number of amidine groups is 1. The normalized spacial score (nSPS) is 18.5. The smallest absolute Gasteiger partial charge is 0.155 e. The summed E-state index contributed by atoms with van der Waals surface area (Å²) in [7, 11) is 0. The Balaban J connectivity index is 1.36. The van der Waals surface area contributed by atoms with E-state index in [4.69, 9.17) is 23.0 Å². The van der Waals surface area contributed by atoms with E-state index in [-0.39, 0.29) is 0 Å². The summed E-state index contributed by atoms with van der Waals surface area (Å²) in [4.78, 5) is 10.9. The average Bonchev–Trinajstić information content (AvgIpc) is 3.70. The fourth-order valence-corrected chi connectivity index (χ4v) is 8.46. The molecule has 53 heavy (non-hydrogen) atoms. The Bertz CT molecular complexity index is 2700. The second-order valence-electron chi connectivity index (χ2n) is 13.7. The van der Waals surface area contributed by atoms with E-state index < -0.39 is 5.41 Å². The number of benzene rings is 6. The highest BCUT2D eigenvalue weighted by atomic mass is 15.0. The molecule has 1 aliphatic heterocycles. The van der Waals surface area contributed by atoms with Crippen LogP contribution in [0.5, 0.6) is 0 Å². The van der Waals surface area contributed by atoms with Gasteiger partial charge >= 0.3 is 0 Å². The van der Waals surface area contributed by atoms with E-state index in [2.05, 4.69) is 139 Å². The second-order valence-corrected chi connectivity index (χ2v) is 13.7. The molecule has 1 atom stereocenters. The van der Waals surface area contributed by atoms with Gasteiger partial charge in [0.1, 0.15) is 0 Å². The quantitative estimate of drug-likeness (QED) is 0.166. The molecule has 252 valence electrons. The summed E-state index contributed by atoms with van der Waals surface area (Å²) in [6, 6.07) is 53.5. The molecule has 2 aliphatic rings. The summed E-state index contributed by atoms with van der Waals surface area (Å²) in [5.41, 5.74) is 13.3. The van der Waals surface area contributed by atoms with Crippen LogP contribution in [0.25, 0.3) is 38.6 Å². The predicted octanol–water partition coefficient (Wildman–Crippen LogP) is 11.5. The fraction of sp³-hybridized carbons (Fsp3) is 0.0800. The lowest BCUT2D eigenvalue weighted by atomic mass is 9.69. The molecule has 3 nitrogen and oxygen atoms in total. The van der Waals surface area contributed by atoms with Gasteiger partial charge in [-0.15, -0.1) is 6.42 Å². The molecule has 3 heteroatoms. The number of para-hydroxylation sites is 2. The molecule has 0 fully saturated rings. The molecule has 0 bridgehead atoms. The van der Waals surface area contributed by atoms with Gasteiger partial charge in [-0.05, 0) is 82.7 Å². The molecule has 1 aromatic heterocycles. The maximum Gasteiger partial charge on any atom is 0.155 e. The van der Waals surface area contributed by atoms with Crippen molar-refractivity contribution >= 4 is 33.4 Å². The summed E-state index contributed by atoms with van der Waals surface area (Å²) < 4.78 is 2.39. The summed E-state index contributed by atoms with van der Waals surface area (Å²) >= 11 is 0. The Morgan fingerprint density at radius 2 is 1.30 bits per heavy atom. The van der Waals surface area contributed by atoms with Gasteiger partial charge < -0.3 is 4.57 Å². The lowest BCUT2D eigenvalue weighted by molar-refractivity contribution is 0.615. The Morgan fingerprint density at radius 1 is 0.698 bits per heavy atom. The van der Waals surface area contributed by atoms with E-state index >= 15 is 0 Å². The van der Waals surface area contributed by atoms with Gasteiger partial charge in [0.05, 0.1) is 28.7 Å². The number of nitrogens with zero attached hydrogens (tertiary/aromatic N) is 3. The average molecular weight is 680 g/mol. The first-order chi connectivity index (χ1) is 26.1. The zero-order valence-electron chi connectivity index (χ0n) is 29.6. The number of aliphatic imine (C=N–C) groups is 2. The summed E-state index contributed by atoms with van der Waals surface area (Å²) in [6.45, 7) is 7.19. The Labute approximate surface area is 310 Å². The van der Waals surface area contributed by atoms with Gasteiger partial charge in [0.25, 0.3) is 0 Å². The minimum atomic E-state index is -0.679. The van der Waals surface area contributed by atoms with Crippen LogP contribution in [0.3, 0.4) is 0 Å². The van der Waals surface area contributed by atoms with Crippen LogP contribution >= 0.6 is 0 Å². The lowest BCUT2D eigenvalue weighted by Crippen LogP contribution is -2.33. The number of rotatable bonds is 3. The zero-order valence-corrected chi connectivity index (χ0v) is 29.6. The van der Waals surface area contributed by atoms with Crippen LogP contribution < -0.4 is 0 Å². The minimum absolute atomic E-state index is 0.417. The molecule has 6 aromatic carbocycles. The largest absolute Gasteiger partial charge is 0.309 e. The van der Waals surface area contributed by atoms with Crippen molar-refractivity contribution in [3.63, 3.8) is 0 Å². The molecule has 1 unspecified atom stereocenters.